The van der Waals surface area contributed by atoms with Crippen LogP contribution in [0.1, 0.15) is 30.0 Å². The Kier molecular flexibility index (Phi) is 5.41. The third-order valence-corrected chi connectivity index (χ3v) is 6.67. The Morgan fingerprint density at radius 3 is 2.81 bits per heavy atom. The van der Waals surface area contributed by atoms with Crippen molar-refractivity contribution in [1.29, 1.82) is 0 Å². The maximum Gasteiger partial charge on any atom is 0.225 e. The van der Waals surface area contributed by atoms with E-state index in [4.69, 9.17) is 11.6 Å². The van der Waals surface area contributed by atoms with Crippen LogP contribution in [0.2, 0.25) is 5.02 Å². The van der Waals surface area contributed by atoms with Gasteiger partial charge in [0.05, 0.1) is 12.0 Å². The number of benzene rings is 2. The molecule has 2 atom stereocenters. The van der Waals surface area contributed by atoms with Crippen LogP contribution in [0.4, 0.5) is 0 Å². The fourth-order valence-electron chi connectivity index (χ4n) is 3.71. The van der Waals surface area contributed by atoms with E-state index in [1.54, 1.807) is 4.90 Å². The molecule has 0 unspecified atom stereocenters. The quantitative estimate of drug-likeness (QED) is 0.842. The minimum atomic E-state index is -0.304. The molecule has 2 amide bonds. The topological polar surface area (TPSA) is 49.4 Å². The number of thioether (sulfide) groups is 1. The normalized spacial score (nSPS) is 21.8. The van der Waals surface area contributed by atoms with Gasteiger partial charge in [0.25, 0.3) is 0 Å². The molecule has 2 aromatic rings. The highest BCUT2D eigenvalue weighted by Crippen LogP contribution is 2.36. The molecule has 2 aliphatic rings. The molecule has 1 N–H and O–H groups in total. The van der Waals surface area contributed by atoms with Gasteiger partial charge in [0.1, 0.15) is 0 Å². The van der Waals surface area contributed by atoms with Gasteiger partial charge in [-0.05, 0) is 29.7 Å². The highest BCUT2D eigenvalue weighted by Gasteiger charge is 2.35. The van der Waals surface area contributed by atoms with Crippen LogP contribution in [-0.4, -0.2) is 29.0 Å². The van der Waals surface area contributed by atoms with Gasteiger partial charge in [-0.2, -0.15) is 0 Å². The summed E-state index contributed by atoms with van der Waals surface area (Å²) in [6.45, 7) is 0.893. The van der Waals surface area contributed by atoms with Gasteiger partial charge >= 0.3 is 0 Å². The van der Waals surface area contributed by atoms with Gasteiger partial charge in [-0.3, -0.25) is 9.59 Å². The van der Waals surface area contributed by atoms with Gasteiger partial charge in [-0.25, -0.2) is 0 Å². The SMILES string of the molecule is O=C(N[C@@H]1CCSc2ccccc21)[C@H]1CC(=O)N(Cc2ccccc2Cl)C1. The molecule has 1 fully saturated rings. The van der Waals surface area contributed by atoms with Crippen LogP contribution in [0, 0.1) is 5.92 Å². The van der Waals surface area contributed by atoms with Gasteiger partial charge in [0, 0.05) is 35.2 Å². The van der Waals surface area contributed by atoms with Crippen molar-refractivity contribution in [1.82, 2.24) is 10.2 Å². The second-order valence-electron chi connectivity index (χ2n) is 7.00. The molecule has 1 saturated heterocycles. The molecule has 2 aliphatic heterocycles. The molecular weight excluding hydrogens is 380 g/mol. The lowest BCUT2D eigenvalue weighted by molar-refractivity contribution is -0.129. The molecule has 0 aromatic heterocycles. The number of halogens is 1. The first-order chi connectivity index (χ1) is 13.1. The number of carbonyl (C=O) groups is 2. The summed E-state index contributed by atoms with van der Waals surface area (Å²) >= 11 is 8.04. The molecule has 140 valence electrons. The fraction of sp³-hybridized carbons (Fsp3) is 0.333. The first-order valence-corrected chi connectivity index (χ1v) is 10.5. The summed E-state index contributed by atoms with van der Waals surface area (Å²) in [5, 5.41) is 3.82. The molecule has 27 heavy (non-hydrogen) atoms. The summed E-state index contributed by atoms with van der Waals surface area (Å²) in [5.41, 5.74) is 2.09. The van der Waals surface area contributed by atoms with E-state index in [1.807, 2.05) is 48.2 Å². The molecule has 0 aliphatic carbocycles. The van der Waals surface area contributed by atoms with Gasteiger partial charge in [0.2, 0.25) is 11.8 Å². The second kappa shape index (κ2) is 7.95. The van der Waals surface area contributed by atoms with Crippen molar-refractivity contribution in [3.63, 3.8) is 0 Å². The molecule has 4 rings (SSSR count). The molecule has 0 radical (unpaired) electrons. The van der Waals surface area contributed by atoms with Gasteiger partial charge in [0.15, 0.2) is 0 Å². The van der Waals surface area contributed by atoms with Crippen molar-refractivity contribution in [2.75, 3.05) is 12.3 Å². The lowest BCUT2D eigenvalue weighted by Crippen LogP contribution is -2.36. The summed E-state index contributed by atoms with van der Waals surface area (Å²) in [5.74, 6) is 0.664. The monoisotopic (exact) mass is 400 g/mol. The maximum absolute atomic E-state index is 12.8. The number of fused-ring (bicyclic) bond motifs is 1. The van der Waals surface area contributed by atoms with Crippen molar-refractivity contribution >= 4 is 35.2 Å². The van der Waals surface area contributed by atoms with E-state index in [9.17, 15) is 9.59 Å². The molecule has 6 heteroatoms. The first-order valence-electron chi connectivity index (χ1n) is 9.15. The van der Waals surface area contributed by atoms with Gasteiger partial charge in [-0.1, -0.05) is 48.0 Å². The largest absolute Gasteiger partial charge is 0.349 e. The van der Waals surface area contributed by atoms with Crippen molar-refractivity contribution in [2.24, 2.45) is 5.92 Å². The van der Waals surface area contributed by atoms with Crippen molar-refractivity contribution < 1.29 is 9.59 Å². The predicted molar refractivity (Wildman–Crippen MR) is 108 cm³/mol. The Bertz CT molecular complexity index is 873. The summed E-state index contributed by atoms with van der Waals surface area (Å²) < 4.78 is 0. The summed E-state index contributed by atoms with van der Waals surface area (Å²) in [6.07, 6.45) is 1.18. The summed E-state index contributed by atoms with van der Waals surface area (Å²) in [6, 6.07) is 15.8. The van der Waals surface area contributed by atoms with Crippen LogP contribution in [0.25, 0.3) is 0 Å². The predicted octanol–water partition coefficient (Wildman–Crippen LogP) is 4.04. The van der Waals surface area contributed by atoms with E-state index in [-0.39, 0.29) is 30.2 Å². The second-order valence-corrected chi connectivity index (χ2v) is 8.55. The average Bonchev–Trinajstić information content (AvgIpc) is 3.05. The van der Waals surface area contributed by atoms with Crippen LogP contribution < -0.4 is 5.32 Å². The van der Waals surface area contributed by atoms with Gasteiger partial charge < -0.3 is 10.2 Å². The Morgan fingerprint density at radius 2 is 1.96 bits per heavy atom. The van der Waals surface area contributed by atoms with Crippen LogP contribution in [0.15, 0.2) is 53.4 Å². The van der Waals surface area contributed by atoms with E-state index < -0.39 is 0 Å². The summed E-state index contributed by atoms with van der Waals surface area (Å²) in [4.78, 5) is 28.2. The Balaban J connectivity index is 1.41. The molecule has 2 aromatic carbocycles. The number of hydrogen-bond acceptors (Lipinski definition) is 3. The number of hydrogen-bond donors (Lipinski definition) is 1. The number of nitrogens with one attached hydrogen (secondary N) is 1. The fourth-order valence-corrected chi connectivity index (χ4v) is 5.04. The van der Waals surface area contributed by atoms with E-state index in [2.05, 4.69) is 17.4 Å². The molecule has 2 heterocycles. The number of rotatable bonds is 4. The molecule has 4 nitrogen and oxygen atoms in total. The number of nitrogens with zero attached hydrogens (tertiary/aromatic N) is 1. The van der Waals surface area contributed by atoms with E-state index in [1.165, 1.54) is 10.5 Å². The van der Waals surface area contributed by atoms with Crippen molar-refractivity contribution in [3.8, 4) is 0 Å². The van der Waals surface area contributed by atoms with Crippen LogP contribution in [0.5, 0.6) is 0 Å². The minimum Gasteiger partial charge on any atom is -0.349 e. The zero-order chi connectivity index (χ0) is 18.8. The highest BCUT2D eigenvalue weighted by molar-refractivity contribution is 7.99. The Labute approximate surface area is 168 Å². The highest BCUT2D eigenvalue weighted by atomic mass is 35.5. The third-order valence-electron chi connectivity index (χ3n) is 5.18. The van der Waals surface area contributed by atoms with E-state index in [0.29, 0.717) is 18.1 Å². The Morgan fingerprint density at radius 1 is 1.19 bits per heavy atom. The standard InChI is InChI=1S/C21H21ClN2O2S/c22-17-7-3-1-5-14(17)12-24-13-15(11-20(24)25)21(26)23-18-9-10-27-19-8-4-2-6-16(18)19/h1-8,15,18H,9-13H2,(H,23,26)/t15-,18+/m0/s1. The molecule has 0 saturated carbocycles. The average molecular weight is 401 g/mol. The molecular formula is C21H21ClN2O2S. The van der Waals surface area contributed by atoms with Crippen molar-refractivity contribution in [3.05, 3.63) is 64.7 Å². The smallest absolute Gasteiger partial charge is 0.225 e. The summed E-state index contributed by atoms with van der Waals surface area (Å²) in [7, 11) is 0. The minimum absolute atomic E-state index is 0.00895. The molecule has 0 bridgehead atoms. The van der Waals surface area contributed by atoms with E-state index in [0.717, 1.165) is 17.7 Å². The van der Waals surface area contributed by atoms with Crippen LogP contribution in [-0.2, 0) is 16.1 Å². The Hall–Kier alpha value is -1.98. The van der Waals surface area contributed by atoms with Crippen molar-refractivity contribution in [2.45, 2.75) is 30.3 Å². The maximum atomic E-state index is 12.8. The third kappa shape index (κ3) is 3.99. The zero-order valence-corrected chi connectivity index (χ0v) is 16.4. The molecule has 0 spiro atoms. The number of amides is 2. The number of carbonyl (C=O) groups excluding carboxylic acids is 2. The first kappa shape index (κ1) is 18.4. The zero-order valence-electron chi connectivity index (χ0n) is 14.9. The van der Waals surface area contributed by atoms with Crippen LogP contribution in [0.3, 0.4) is 0 Å². The van der Waals surface area contributed by atoms with E-state index >= 15 is 0 Å². The lowest BCUT2D eigenvalue weighted by atomic mass is 10.0. The van der Waals surface area contributed by atoms with Crippen LogP contribution >= 0.6 is 23.4 Å². The lowest BCUT2D eigenvalue weighted by Gasteiger charge is -2.27. The van der Waals surface area contributed by atoms with Gasteiger partial charge in [-0.15, -0.1) is 11.8 Å². The number of likely N-dealkylation sites (tertiary alicyclic amines) is 1.